The van der Waals surface area contributed by atoms with Crippen molar-refractivity contribution in [2.45, 2.75) is 13.5 Å². The Balaban J connectivity index is 2.16. The van der Waals surface area contributed by atoms with Crippen molar-refractivity contribution in [2.75, 3.05) is 5.32 Å². The van der Waals surface area contributed by atoms with Gasteiger partial charge in [0.25, 0.3) is 0 Å². The van der Waals surface area contributed by atoms with Crippen LogP contribution in [0.2, 0.25) is 15.1 Å². The van der Waals surface area contributed by atoms with Crippen LogP contribution in [0.15, 0.2) is 34.8 Å². The molecule has 0 unspecified atom stereocenters. The highest BCUT2D eigenvalue weighted by Crippen LogP contribution is 2.34. The second-order valence-corrected chi connectivity index (χ2v) is 6.32. The molecule has 5 heteroatoms. The fourth-order valence-corrected chi connectivity index (χ4v) is 3.19. The average molecular weight is 380 g/mol. The van der Waals surface area contributed by atoms with E-state index in [0.717, 1.165) is 26.3 Å². The monoisotopic (exact) mass is 377 g/mol. The Bertz CT molecular complexity index is 591. The summed E-state index contributed by atoms with van der Waals surface area (Å²) >= 11 is 21.7. The summed E-state index contributed by atoms with van der Waals surface area (Å²) < 4.78 is 0.853. The number of aryl methyl sites for hydroxylation is 1. The summed E-state index contributed by atoms with van der Waals surface area (Å²) in [6.45, 7) is 2.59. The molecule has 0 aliphatic heterocycles. The Morgan fingerprint density at radius 2 is 1.63 bits per heavy atom. The maximum absolute atomic E-state index is 6.15. The van der Waals surface area contributed by atoms with Gasteiger partial charge in [-0.3, -0.25) is 0 Å². The zero-order chi connectivity index (χ0) is 14.0. The quantitative estimate of drug-likeness (QED) is 0.657. The molecule has 0 atom stereocenters. The Morgan fingerprint density at radius 3 is 2.21 bits per heavy atom. The van der Waals surface area contributed by atoms with Gasteiger partial charge in [-0.1, -0.05) is 62.9 Å². The molecule has 0 saturated heterocycles. The van der Waals surface area contributed by atoms with Gasteiger partial charge in [0.15, 0.2) is 0 Å². The van der Waals surface area contributed by atoms with E-state index in [0.29, 0.717) is 16.6 Å². The third kappa shape index (κ3) is 3.79. The molecule has 100 valence electrons. The topological polar surface area (TPSA) is 12.0 Å². The van der Waals surface area contributed by atoms with Gasteiger partial charge in [0.05, 0.1) is 15.7 Å². The molecule has 0 aliphatic rings. The lowest BCUT2D eigenvalue weighted by Crippen LogP contribution is -2.01. The number of hydrogen-bond acceptors (Lipinski definition) is 1. The minimum absolute atomic E-state index is 0.581. The highest BCUT2D eigenvalue weighted by molar-refractivity contribution is 9.10. The number of nitrogens with one attached hydrogen (secondary N) is 1. The number of anilines is 1. The molecular weight excluding hydrogens is 368 g/mol. The average Bonchev–Trinajstić information content (AvgIpc) is 2.32. The van der Waals surface area contributed by atoms with Crippen molar-refractivity contribution in [3.63, 3.8) is 0 Å². The van der Waals surface area contributed by atoms with Crippen molar-refractivity contribution in [3.8, 4) is 0 Å². The first-order chi connectivity index (χ1) is 8.97. The second kappa shape index (κ2) is 6.36. The SMILES string of the molecule is Cc1ccc(CNc2c(Cl)cc(Br)cc2Cl)cc1Cl. The molecule has 2 rings (SSSR count). The van der Waals surface area contributed by atoms with E-state index in [2.05, 4.69) is 21.2 Å². The first-order valence-corrected chi connectivity index (χ1v) is 7.53. The number of hydrogen-bond donors (Lipinski definition) is 1. The Hall–Kier alpha value is -0.410. The van der Waals surface area contributed by atoms with Crippen LogP contribution in [-0.2, 0) is 6.54 Å². The van der Waals surface area contributed by atoms with E-state index >= 15 is 0 Å². The van der Waals surface area contributed by atoms with E-state index in [1.165, 1.54) is 0 Å². The largest absolute Gasteiger partial charge is 0.379 e. The number of halogens is 4. The Kier molecular flexibility index (Phi) is 5.02. The summed E-state index contributed by atoms with van der Waals surface area (Å²) in [7, 11) is 0. The molecule has 0 aliphatic carbocycles. The van der Waals surface area contributed by atoms with E-state index in [-0.39, 0.29) is 0 Å². The Labute approximate surface area is 136 Å². The highest BCUT2D eigenvalue weighted by Gasteiger charge is 2.07. The van der Waals surface area contributed by atoms with Gasteiger partial charge in [-0.15, -0.1) is 0 Å². The summed E-state index contributed by atoms with van der Waals surface area (Å²) in [5.41, 5.74) is 2.86. The third-order valence-electron chi connectivity index (χ3n) is 2.71. The molecule has 2 aromatic rings. The third-order valence-corrected chi connectivity index (χ3v) is 4.17. The maximum atomic E-state index is 6.15. The molecule has 0 saturated carbocycles. The van der Waals surface area contributed by atoms with Gasteiger partial charge in [-0.2, -0.15) is 0 Å². The molecule has 0 aromatic heterocycles. The zero-order valence-corrected chi connectivity index (χ0v) is 14.0. The minimum atomic E-state index is 0.581. The predicted molar refractivity (Wildman–Crippen MR) is 87.7 cm³/mol. The van der Waals surface area contributed by atoms with Gasteiger partial charge in [0, 0.05) is 16.0 Å². The van der Waals surface area contributed by atoms with Crippen LogP contribution in [0.1, 0.15) is 11.1 Å². The fraction of sp³-hybridized carbons (Fsp3) is 0.143. The second-order valence-electron chi connectivity index (χ2n) is 4.18. The molecule has 0 bridgehead atoms. The van der Waals surface area contributed by atoms with Gasteiger partial charge in [-0.05, 0) is 36.2 Å². The fourth-order valence-electron chi connectivity index (χ4n) is 1.65. The van der Waals surface area contributed by atoms with Crippen molar-refractivity contribution in [2.24, 2.45) is 0 Å². The standard InChI is InChI=1S/C14H11BrCl3N/c1-8-2-3-9(4-11(8)16)7-19-14-12(17)5-10(15)6-13(14)18/h2-6,19H,7H2,1H3. The van der Waals surface area contributed by atoms with E-state index in [9.17, 15) is 0 Å². The van der Waals surface area contributed by atoms with Crippen LogP contribution in [0.3, 0.4) is 0 Å². The van der Waals surface area contributed by atoms with Crippen molar-refractivity contribution in [1.82, 2.24) is 0 Å². The minimum Gasteiger partial charge on any atom is -0.379 e. The lowest BCUT2D eigenvalue weighted by molar-refractivity contribution is 1.14. The molecule has 0 heterocycles. The molecule has 1 nitrogen and oxygen atoms in total. The summed E-state index contributed by atoms with van der Waals surface area (Å²) in [5, 5.41) is 5.15. The van der Waals surface area contributed by atoms with Crippen LogP contribution in [0.5, 0.6) is 0 Å². The summed E-state index contributed by atoms with van der Waals surface area (Å²) in [5.74, 6) is 0. The van der Waals surface area contributed by atoms with Gasteiger partial charge in [0.1, 0.15) is 0 Å². The normalized spacial score (nSPS) is 10.6. The smallest absolute Gasteiger partial charge is 0.0722 e. The van der Waals surface area contributed by atoms with Gasteiger partial charge < -0.3 is 5.32 Å². The maximum Gasteiger partial charge on any atom is 0.0722 e. The van der Waals surface area contributed by atoms with Crippen molar-refractivity contribution >= 4 is 56.4 Å². The first kappa shape index (κ1) is 15.0. The van der Waals surface area contributed by atoms with Crippen LogP contribution < -0.4 is 5.32 Å². The lowest BCUT2D eigenvalue weighted by atomic mass is 10.1. The number of benzene rings is 2. The first-order valence-electron chi connectivity index (χ1n) is 5.61. The highest BCUT2D eigenvalue weighted by atomic mass is 79.9. The van der Waals surface area contributed by atoms with Crippen LogP contribution in [0.4, 0.5) is 5.69 Å². The predicted octanol–water partition coefficient (Wildman–Crippen LogP) is 6.33. The number of rotatable bonds is 3. The van der Waals surface area contributed by atoms with Gasteiger partial charge in [-0.25, -0.2) is 0 Å². The van der Waals surface area contributed by atoms with Crippen molar-refractivity contribution < 1.29 is 0 Å². The van der Waals surface area contributed by atoms with Crippen LogP contribution >= 0.6 is 50.7 Å². The van der Waals surface area contributed by atoms with Gasteiger partial charge >= 0.3 is 0 Å². The van der Waals surface area contributed by atoms with E-state index < -0.39 is 0 Å². The van der Waals surface area contributed by atoms with E-state index in [1.54, 1.807) is 12.1 Å². The van der Waals surface area contributed by atoms with Crippen LogP contribution in [0, 0.1) is 6.92 Å². The molecule has 1 N–H and O–H groups in total. The van der Waals surface area contributed by atoms with E-state index in [1.807, 2.05) is 25.1 Å². The molecule has 0 fully saturated rings. The molecule has 0 spiro atoms. The molecular formula is C14H11BrCl3N. The summed E-state index contributed by atoms with van der Waals surface area (Å²) in [4.78, 5) is 0. The molecule has 0 amide bonds. The summed E-state index contributed by atoms with van der Waals surface area (Å²) in [6.07, 6.45) is 0. The van der Waals surface area contributed by atoms with Crippen LogP contribution in [0.25, 0.3) is 0 Å². The Morgan fingerprint density at radius 1 is 1.00 bits per heavy atom. The molecule has 0 radical (unpaired) electrons. The van der Waals surface area contributed by atoms with Gasteiger partial charge in [0.2, 0.25) is 0 Å². The lowest BCUT2D eigenvalue weighted by Gasteiger charge is -2.11. The van der Waals surface area contributed by atoms with Crippen molar-refractivity contribution in [3.05, 3.63) is 61.0 Å². The van der Waals surface area contributed by atoms with Crippen molar-refractivity contribution in [1.29, 1.82) is 0 Å². The molecule has 19 heavy (non-hydrogen) atoms. The summed E-state index contributed by atoms with van der Waals surface area (Å²) in [6, 6.07) is 9.55. The zero-order valence-electron chi connectivity index (χ0n) is 10.1. The van der Waals surface area contributed by atoms with E-state index in [4.69, 9.17) is 34.8 Å². The molecule has 2 aromatic carbocycles. The van der Waals surface area contributed by atoms with Crippen LogP contribution in [-0.4, -0.2) is 0 Å².